The number of nitrogens with two attached hydrogens (primary N) is 1. The molecule has 0 saturated heterocycles. The van der Waals surface area contributed by atoms with Gasteiger partial charge < -0.3 is 10.7 Å². The van der Waals surface area contributed by atoms with Gasteiger partial charge in [-0.2, -0.15) is 0 Å². The van der Waals surface area contributed by atoms with Gasteiger partial charge in [-0.05, 0) is 43.4 Å². The lowest BCUT2D eigenvalue weighted by Crippen LogP contribution is -2.09. The lowest BCUT2D eigenvalue weighted by molar-refractivity contribution is 0.675. The van der Waals surface area contributed by atoms with Gasteiger partial charge in [0.15, 0.2) is 0 Å². The predicted molar refractivity (Wildman–Crippen MR) is 67.9 cm³/mol. The molecular formula is C14H18N2. The number of hydrogen-bond donors (Lipinski definition) is 2. The number of benzene rings is 1. The van der Waals surface area contributed by atoms with Gasteiger partial charge in [0, 0.05) is 29.1 Å². The lowest BCUT2D eigenvalue weighted by Gasteiger charge is -2.05. The minimum Gasteiger partial charge on any atom is -0.358 e. The molecule has 1 aliphatic carbocycles. The minimum atomic E-state index is 0.544. The molecule has 1 aliphatic rings. The maximum Gasteiger partial charge on any atom is 0.0491 e. The quantitative estimate of drug-likeness (QED) is 0.753. The van der Waals surface area contributed by atoms with Gasteiger partial charge in [0.25, 0.3) is 0 Å². The van der Waals surface area contributed by atoms with Crippen LogP contribution in [0.4, 0.5) is 0 Å². The summed E-state index contributed by atoms with van der Waals surface area (Å²) in [5.74, 6) is 0.544. The molecule has 1 atom stereocenters. The summed E-state index contributed by atoms with van der Waals surface area (Å²) in [4.78, 5) is 3.61. The molecule has 3 N–H and O–H groups in total. The van der Waals surface area contributed by atoms with Crippen LogP contribution in [-0.2, 0) is 6.42 Å². The summed E-state index contributed by atoms with van der Waals surface area (Å²) in [5, 5.41) is 1.41. The molecule has 1 aromatic carbocycles. The third-order valence-electron chi connectivity index (χ3n) is 4.08. The molecule has 0 spiro atoms. The van der Waals surface area contributed by atoms with Crippen molar-refractivity contribution in [1.82, 2.24) is 4.98 Å². The van der Waals surface area contributed by atoms with Crippen LogP contribution in [-0.4, -0.2) is 11.5 Å². The Morgan fingerprint density at radius 3 is 2.94 bits per heavy atom. The van der Waals surface area contributed by atoms with Crippen molar-refractivity contribution in [2.45, 2.75) is 32.6 Å². The van der Waals surface area contributed by atoms with E-state index in [1.165, 1.54) is 46.1 Å². The van der Waals surface area contributed by atoms with Crippen LogP contribution in [0, 0.1) is 13.8 Å². The molecule has 84 valence electrons. The molecule has 2 aromatic rings. The van der Waals surface area contributed by atoms with E-state index in [1.54, 1.807) is 0 Å². The smallest absolute Gasteiger partial charge is 0.0491 e. The fourth-order valence-electron chi connectivity index (χ4n) is 2.90. The summed E-state index contributed by atoms with van der Waals surface area (Å²) in [7, 11) is 0. The van der Waals surface area contributed by atoms with Crippen molar-refractivity contribution in [1.29, 1.82) is 0 Å². The molecule has 0 aliphatic heterocycles. The van der Waals surface area contributed by atoms with Crippen LogP contribution in [0.25, 0.3) is 10.9 Å². The van der Waals surface area contributed by atoms with E-state index in [0.717, 1.165) is 6.54 Å². The zero-order chi connectivity index (χ0) is 11.3. The van der Waals surface area contributed by atoms with Crippen molar-refractivity contribution < 1.29 is 0 Å². The predicted octanol–water partition coefficient (Wildman–Crippen LogP) is 2.77. The molecule has 0 radical (unpaired) electrons. The number of hydrogen-bond acceptors (Lipinski definition) is 1. The molecule has 2 heteroatoms. The molecule has 16 heavy (non-hydrogen) atoms. The SMILES string of the molecule is Cc1ccc2c3c([nH]c2c1C)C(CN)CC3. The van der Waals surface area contributed by atoms with Crippen LogP contribution in [0.5, 0.6) is 0 Å². The van der Waals surface area contributed by atoms with Crippen molar-refractivity contribution in [3.05, 3.63) is 34.5 Å². The van der Waals surface area contributed by atoms with E-state index in [1.807, 2.05) is 0 Å². The molecule has 1 unspecified atom stereocenters. The summed E-state index contributed by atoms with van der Waals surface area (Å²) in [5.41, 5.74) is 12.8. The standard InChI is InChI=1S/C14H18N2/c1-8-3-5-11-12-6-4-10(7-15)14(12)16-13(11)9(8)2/h3,5,10,16H,4,6-7,15H2,1-2H3. The molecule has 1 aromatic heterocycles. The number of aromatic amines is 1. The molecule has 3 rings (SSSR count). The minimum absolute atomic E-state index is 0.544. The molecule has 2 nitrogen and oxygen atoms in total. The Morgan fingerprint density at radius 2 is 2.19 bits per heavy atom. The van der Waals surface area contributed by atoms with E-state index in [2.05, 4.69) is 31.0 Å². The highest BCUT2D eigenvalue weighted by atomic mass is 14.8. The summed E-state index contributed by atoms with van der Waals surface area (Å²) in [6.45, 7) is 5.12. The van der Waals surface area contributed by atoms with Gasteiger partial charge in [0.2, 0.25) is 0 Å². The highest BCUT2D eigenvalue weighted by molar-refractivity contribution is 5.88. The third kappa shape index (κ3) is 1.17. The summed E-state index contributed by atoms with van der Waals surface area (Å²) >= 11 is 0. The maximum absolute atomic E-state index is 5.82. The van der Waals surface area contributed by atoms with E-state index >= 15 is 0 Å². The topological polar surface area (TPSA) is 41.8 Å². The van der Waals surface area contributed by atoms with Gasteiger partial charge in [-0.3, -0.25) is 0 Å². The van der Waals surface area contributed by atoms with Gasteiger partial charge in [0.05, 0.1) is 0 Å². The summed E-state index contributed by atoms with van der Waals surface area (Å²) < 4.78 is 0. The lowest BCUT2D eigenvalue weighted by atomic mass is 10.0. The van der Waals surface area contributed by atoms with E-state index in [4.69, 9.17) is 5.73 Å². The average molecular weight is 214 g/mol. The fraction of sp³-hybridized carbons (Fsp3) is 0.429. The molecule has 0 amide bonds. The second-order valence-electron chi connectivity index (χ2n) is 4.92. The second-order valence-corrected chi connectivity index (χ2v) is 4.92. The van der Waals surface area contributed by atoms with Gasteiger partial charge in [0.1, 0.15) is 0 Å². The normalized spacial score (nSPS) is 19.3. The number of nitrogens with one attached hydrogen (secondary N) is 1. The molecule has 0 saturated carbocycles. The molecule has 0 bridgehead atoms. The maximum atomic E-state index is 5.82. The summed E-state index contributed by atoms with van der Waals surface area (Å²) in [6, 6.07) is 4.48. The highest BCUT2D eigenvalue weighted by Gasteiger charge is 2.25. The van der Waals surface area contributed by atoms with E-state index in [-0.39, 0.29) is 0 Å². The monoisotopic (exact) mass is 214 g/mol. The van der Waals surface area contributed by atoms with Gasteiger partial charge in [-0.15, -0.1) is 0 Å². The van der Waals surface area contributed by atoms with Crippen LogP contribution in [0.15, 0.2) is 12.1 Å². The van der Waals surface area contributed by atoms with Crippen LogP contribution >= 0.6 is 0 Å². The van der Waals surface area contributed by atoms with Gasteiger partial charge in [-0.25, -0.2) is 0 Å². The Kier molecular flexibility index (Phi) is 2.08. The van der Waals surface area contributed by atoms with E-state index < -0.39 is 0 Å². The average Bonchev–Trinajstić information content (AvgIpc) is 2.82. The van der Waals surface area contributed by atoms with Crippen molar-refractivity contribution >= 4 is 10.9 Å². The van der Waals surface area contributed by atoms with Crippen LogP contribution in [0.1, 0.15) is 34.7 Å². The first-order valence-electron chi connectivity index (χ1n) is 6.03. The van der Waals surface area contributed by atoms with Crippen molar-refractivity contribution in [3.8, 4) is 0 Å². The van der Waals surface area contributed by atoms with Gasteiger partial charge >= 0.3 is 0 Å². The second kappa shape index (κ2) is 3.36. The number of fused-ring (bicyclic) bond motifs is 3. The van der Waals surface area contributed by atoms with E-state index in [9.17, 15) is 0 Å². The molecule has 0 fully saturated rings. The zero-order valence-electron chi connectivity index (χ0n) is 9.93. The first kappa shape index (κ1) is 9.91. The highest BCUT2D eigenvalue weighted by Crippen LogP contribution is 2.38. The first-order chi connectivity index (χ1) is 7.72. The van der Waals surface area contributed by atoms with Crippen molar-refractivity contribution in [3.63, 3.8) is 0 Å². The number of aromatic nitrogens is 1. The van der Waals surface area contributed by atoms with Crippen LogP contribution in [0.2, 0.25) is 0 Å². The number of aryl methyl sites for hydroxylation is 3. The Morgan fingerprint density at radius 1 is 1.38 bits per heavy atom. The third-order valence-corrected chi connectivity index (χ3v) is 4.08. The van der Waals surface area contributed by atoms with Crippen molar-refractivity contribution in [2.75, 3.05) is 6.54 Å². The first-order valence-corrected chi connectivity index (χ1v) is 6.03. The fourth-order valence-corrected chi connectivity index (χ4v) is 2.90. The summed E-state index contributed by atoms with van der Waals surface area (Å²) in [6.07, 6.45) is 2.39. The van der Waals surface area contributed by atoms with Crippen molar-refractivity contribution in [2.24, 2.45) is 5.73 Å². The van der Waals surface area contributed by atoms with Gasteiger partial charge in [-0.1, -0.05) is 12.1 Å². The Balaban J connectivity index is 2.30. The Hall–Kier alpha value is -1.28. The van der Waals surface area contributed by atoms with Crippen LogP contribution < -0.4 is 5.73 Å². The zero-order valence-corrected chi connectivity index (χ0v) is 9.93. The largest absolute Gasteiger partial charge is 0.358 e. The Labute approximate surface area is 95.8 Å². The number of rotatable bonds is 1. The molecular weight excluding hydrogens is 196 g/mol. The molecule has 1 heterocycles. The number of H-pyrrole nitrogens is 1. The van der Waals surface area contributed by atoms with Crippen LogP contribution in [0.3, 0.4) is 0 Å². The Bertz CT molecular complexity index is 551. The van der Waals surface area contributed by atoms with E-state index in [0.29, 0.717) is 5.92 Å².